The molecular formula is C79H107F4N13O5. The molecule has 22 heteroatoms. The lowest BCUT2D eigenvalue weighted by Gasteiger charge is -2.32. The summed E-state index contributed by atoms with van der Waals surface area (Å²) >= 11 is 0. The summed E-state index contributed by atoms with van der Waals surface area (Å²) in [6.07, 6.45) is 21.8. The smallest absolute Gasteiger partial charge is 0.490 e. The monoisotopic (exact) mass is 1390 g/mol. The van der Waals surface area contributed by atoms with Crippen molar-refractivity contribution in [1.29, 1.82) is 0 Å². The van der Waals surface area contributed by atoms with Gasteiger partial charge in [-0.25, -0.2) is 28.5 Å². The first-order valence-electron chi connectivity index (χ1n) is 36.9. The van der Waals surface area contributed by atoms with Crippen molar-refractivity contribution in [1.82, 2.24) is 54.2 Å². The number of aliphatic hydroxyl groups is 2. The highest BCUT2D eigenvalue weighted by Crippen LogP contribution is 2.37. The van der Waals surface area contributed by atoms with E-state index in [9.17, 15) is 27.8 Å². The van der Waals surface area contributed by atoms with E-state index in [1.54, 1.807) is 12.1 Å². The maximum Gasteiger partial charge on any atom is 0.490 e. The van der Waals surface area contributed by atoms with E-state index in [4.69, 9.17) is 34.8 Å². The molecule has 4 aromatic heterocycles. The van der Waals surface area contributed by atoms with Gasteiger partial charge in [-0.1, -0.05) is 140 Å². The van der Waals surface area contributed by atoms with Gasteiger partial charge in [0.25, 0.3) is 0 Å². The number of aliphatic carboxylic acids is 1. The molecule has 101 heavy (non-hydrogen) atoms. The highest BCUT2D eigenvalue weighted by molar-refractivity contribution is 5.92. The molecule has 1 unspecified atom stereocenters. The topological polar surface area (TPSA) is 208 Å². The largest absolute Gasteiger partial charge is 0.491 e. The number of aliphatic hydroxyl groups excluding tert-OH is 2. The first kappa shape index (κ1) is 76.0. The summed E-state index contributed by atoms with van der Waals surface area (Å²) in [5.74, 6) is 2.47. The number of halogens is 4. The zero-order chi connectivity index (χ0) is 70.0. The average Bonchev–Trinajstić information content (AvgIpc) is 1.63. The van der Waals surface area contributed by atoms with E-state index in [-0.39, 0.29) is 25.4 Å². The van der Waals surface area contributed by atoms with E-state index in [2.05, 4.69) is 128 Å². The Morgan fingerprint density at radius 1 is 0.683 bits per heavy atom. The Balaban J connectivity index is 0.000000156. The Labute approximate surface area is 593 Å². The summed E-state index contributed by atoms with van der Waals surface area (Å²) in [5, 5.41) is 46.3. The predicted molar refractivity (Wildman–Crippen MR) is 392 cm³/mol. The number of fused-ring (bicyclic) bond motifs is 3. The lowest BCUT2D eigenvalue weighted by atomic mass is 9.83. The Bertz CT molecular complexity index is 3840. The van der Waals surface area contributed by atoms with E-state index in [1.807, 2.05) is 23.1 Å². The Morgan fingerprint density at radius 3 is 1.96 bits per heavy atom. The van der Waals surface area contributed by atoms with Gasteiger partial charge in [0.05, 0.1) is 22.9 Å². The van der Waals surface area contributed by atoms with Crippen molar-refractivity contribution in [2.75, 3.05) is 76.6 Å². The lowest BCUT2D eigenvalue weighted by molar-refractivity contribution is -0.192. The molecule has 1 atom stereocenters. The van der Waals surface area contributed by atoms with E-state index in [0.29, 0.717) is 31.0 Å². The third-order valence-corrected chi connectivity index (χ3v) is 20.8. The number of benzene rings is 4. The van der Waals surface area contributed by atoms with Gasteiger partial charge in [0, 0.05) is 95.5 Å². The van der Waals surface area contributed by atoms with Crippen LogP contribution < -0.4 is 15.4 Å². The molecule has 0 amide bonds. The fraction of sp³-hybridized carbons (Fsp3) is 0.557. The lowest BCUT2D eigenvalue weighted by Crippen LogP contribution is -2.43. The van der Waals surface area contributed by atoms with Crippen molar-refractivity contribution in [2.24, 2.45) is 23.7 Å². The van der Waals surface area contributed by atoms with Gasteiger partial charge >= 0.3 is 12.1 Å². The van der Waals surface area contributed by atoms with Crippen molar-refractivity contribution >= 4 is 39.9 Å². The van der Waals surface area contributed by atoms with Gasteiger partial charge in [-0.05, 0) is 160 Å². The maximum atomic E-state index is 13.4. The molecule has 0 radical (unpaired) electrons. The molecule has 546 valence electrons. The van der Waals surface area contributed by atoms with E-state index < -0.39 is 18.2 Å². The fourth-order valence-corrected chi connectivity index (χ4v) is 14.4. The van der Waals surface area contributed by atoms with Gasteiger partial charge in [-0.3, -0.25) is 9.80 Å². The number of alkyl halides is 3. The zero-order valence-corrected chi connectivity index (χ0v) is 58.7. The summed E-state index contributed by atoms with van der Waals surface area (Å²) in [4.78, 5) is 35.0. The molecule has 6 heterocycles. The summed E-state index contributed by atoms with van der Waals surface area (Å²) in [6, 6.07) is 32.7. The molecule has 4 aromatic carbocycles. The van der Waals surface area contributed by atoms with Crippen LogP contribution in [0, 0.1) is 29.5 Å². The van der Waals surface area contributed by atoms with Gasteiger partial charge < -0.3 is 35.6 Å². The number of likely N-dealkylation sites (N-methyl/N-ethyl adjacent to an activating group) is 1. The van der Waals surface area contributed by atoms with Crippen LogP contribution in [0.4, 0.5) is 29.5 Å². The quantitative estimate of drug-likeness (QED) is 0.0298. The molecule has 5 N–H and O–H groups in total. The van der Waals surface area contributed by atoms with Crippen molar-refractivity contribution in [3.05, 3.63) is 138 Å². The minimum absolute atomic E-state index is 0. The second kappa shape index (κ2) is 37.0. The Hall–Kier alpha value is -7.63. The van der Waals surface area contributed by atoms with Crippen LogP contribution in [0.15, 0.2) is 109 Å². The number of anilines is 2. The average molecular weight is 1390 g/mol. The number of β-amino-alcohol motifs (C(OH)–C–C–N with tert-alkyl or cyclic N) is 1. The summed E-state index contributed by atoms with van der Waals surface area (Å²) in [6.45, 7) is 15.6. The van der Waals surface area contributed by atoms with Crippen LogP contribution in [0.3, 0.4) is 0 Å². The van der Waals surface area contributed by atoms with E-state index in [0.717, 1.165) is 185 Å². The van der Waals surface area contributed by atoms with Gasteiger partial charge in [0.2, 0.25) is 11.9 Å². The molecule has 4 saturated carbocycles. The van der Waals surface area contributed by atoms with Gasteiger partial charge in [0.1, 0.15) is 35.7 Å². The highest BCUT2D eigenvalue weighted by atomic mass is 19.4. The third kappa shape index (κ3) is 22.4. The molecular weight excluding hydrogens is 1290 g/mol. The zero-order valence-electron chi connectivity index (χ0n) is 58.7. The van der Waals surface area contributed by atoms with Crippen LogP contribution in [0.2, 0.25) is 0 Å². The number of aryl methyl sites for hydroxylation is 1. The summed E-state index contributed by atoms with van der Waals surface area (Å²) in [5.41, 5.74) is 11.1. The fourth-order valence-electron chi connectivity index (χ4n) is 14.4. The van der Waals surface area contributed by atoms with Crippen LogP contribution in [0.5, 0.6) is 5.75 Å². The Kier molecular flexibility index (Phi) is 27.8. The number of nitrogens with one attached hydrogen (secondary N) is 2. The molecule has 14 rings (SSSR count). The molecule has 4 aliphatic carbocycles. The number of hydrogen-bond donors (Lipinski definition) is 5. The summed E-state index contributed by atoms with van der Waals surface area (Å²) < 4.78 is 55.2. The van der Waals surface area contributed by atoms with Crippen molar-refractivity contribution < 1.29 is 42.4 Å². The number of rotatable bonds is 23. The van der Waals surface area contributed by atoms with Crippen molar-refractivity contribution in [3.63, 3.8) is 0 Å². The van der Waals surface area contributed by atoms with Gasteiger partial charge in [0.15, 0.2) is 11.3 Å². The van der Waals surface area contributed by atoms with Crippen LogP contribution in [-0.2, 0) is 37.3 Å². The molecule has 6 aliphatic rings. The molecule has 8 aromatic rings. The number of ether oxygens (including phenoxy) is 1. The minimum Gasteiger partial charge on any atom is -0.491 e. The molecule has 0 bridgehead atoms. The number of carbonyl (C=O) groups is 1. The normalized spacial score (nSPS) is 20.1. The third-order valence-electron chi connectivity index (χ3n) is 20.8. The molecule has 5 fully saturated rings. The van der Waals surface area contributed by atoms with Crippen molar-refractivity contribution in [3.8, 4) is 28.3 Å². The van der Waals surface area contributed by atoms with Gasteiger partial charge in [-0.15, -0.1) is 0 Å². The number of carboxylic acid groups (broad SMARTS) is 1. The number of carboxylic acids is 1. The number of nitrogens with zero attached hydrogens (tertiary/aromatic N) is 11. The highest BCUT2D eigenvalue weighted by Gasteiger charge is 2.38. The molecule has 18 nitrogen and oxygen atoms in total. The number of piperazine rings is 1. The van der Waals surface area contributed by atoms with E-state index >= 15 is 0 Å². The van der Waals surface area contributed by atoms with Crippen molar-refractivity contribution in [2.45, 2.75) is 194 Å². The second-order valence-corrected chi connectivity index (χ2v) is 28.9. The van der Waals surface area contributed by atoms with Crippen LogP contribution in [0.25, 0.3) is 44.6 Å². The molecule has 1 saturated heterocycles. The number of unbranched alkanes of at least 4 members (excludes halogenated alkanes) is 1. The molecule has 0 spiro atoms. The maximum absolute atomic E-state index is 13.4. The number of aromatic nitrogens is 8. The van der Waals surface area contributed by atoms with Crippen LogP contribution in [0.1, 0.15) is 165 Å². The summed E-state index contributed by atoms with van der Waals surface area (Å²) in [7, 11) is 2.20. The van der Waals surface area contributed by atoms with Gasteiger partial charge in [-0.2, -0.15) is 33.3 Å². The number of hydrogen-bond acceptors (Lipinski definition) is 15. The Morgan fingerprint density at radius 2 is 1.30 bits per heavy atom. The predicted octanol–water partition coefficient (Wildman–Crippen LogP) is 15.5. The first-order valence-corrected chi connectivity index (χ1v) is 36.9. The van der Waals surface area contributed by atoms with Crippen LogP contribution in [-0.4, -0.2) is 160 Å². The molecule has 2 aliphatic heterocycles. The SMILES string of the molecule is C.CCCCNc1ncc2c(-c3ccc(F)cc3)nn(CC3CCC(C)CC3)c2n1.CN1CCN(Cc2ccc(-c3nn(C4CCC(O)CC4)c4nc(NCCC5CC5)ncc34)cc2)CC1.O=C(O)C(F)(F)F.OC(COc1cccc(CCC2CCCC2)c1)CN1CCc2ccccc2C1. The second-order valence-electron chi connectivity index (χ2n) is 28.9. The first-order chi connectivity index (χ1) is 48.5. The van der Waals surface area contributed by atoms with Crippen LogP contribution >= 0.6 is 0 Å². The van der Waals surface area contributed by atoms with E-state index in [1.165, 1.54) is 111 Å². The standard InChI is InChI=1S/C28H39N7O.C25H33NO2.C23H30FN5.C2HF3O2.CH4/c1-33-14-16-34(17-15-33)19-21-4-6-22(7-5-21)26-25-18-30-28(29-13-12-20-2-3-20)31-27(25)35(32-26)23-8-10-24(36)11-9-23;27-24(18-26-15-14-22-9-3-4-10-23(22)17-26)19-28-25-11-5-8-21(16-25)13-12-20-6-1-2-7-20;1-3-4-13-25-23-26-14-20-21(18-9-11-19(24)12-10-18)28-29(22(20)27-23)15-17-7-5-16(2)6-8-17;3-2(4,5)1(6)7;/h4-7,18,20,23-24,36H,2-3,8-17,19H2,1H3,(H,29,30,31);3-5,8-11,16,20,24,27H,1-2,6-7,12-15,17-19H2;9-12,14,16-17H,3-8,13,15H2,1-2H3,(H,25,26,27);(H,6,7);1H4. The minimum atomic E-state index is -5.08.